The third-order valence-corrected chi connectivity index (χ3v) is 5.35. The lowest BCUT2D eigenvalue weighted by atomic mass is 10.2. The fourth-order valence-corrected chi connectivity index (χ4v) is 3.92. The topological polar surface area (TPSA) is 38.7 Å². The van der Waals surface area contributed by atoms with Crippen LogP contribution in [0.2, 0.25) is 0 Å². The van der Waals surface area contributed by atoms with Crippen molar-refractivity contribution in [1.29, 1.82) is 0 Å². The molecule has 5 heteroatoms. The number of thioether (sulfide) groups is 2. The molecule has 0 aromatic heterocycles. The Bertz CT molecular complexity index is 488. The molecule has 1 heterocycles. The molecule has 0 aliphatic carbocycles. The lowest BCUT2D eigenvalue weighted by Gasteiger charge is -2.04. The molecule has 3 nitrogen and oxygen atoms in total. The Labute approximate surface area is 122 Å². The van der Waals surface area contributed by atoms with Gasteiger partial charge in [0, 0.05) is 16.4 Å². The maximum atomic E-state index is 11.2. The molecule has 1 unspecified atom stereocenters. The van der Waals surface area contributed by atoms with Gasteiger partial charge in [0.05, 0.1) is 24.6 Å². The summed E-state index contributed by atoms with van der Waals surface area (Å²) in [5.41, 5.74) is 1.29. The maximum absolute atomic E-state index is 11.2. The molecular weight excluding hydrogens is 278 g/mol. The van der Waals surface area contributed by atoms with E-state index >= 15 is 0 Å². The summed E-state index contributed by atoms with van der Waals surface area (Å²) in [5, 5.41) is 1.13. The van der Waals surface area contributed by atoms with E-state index in [1.807, 2.05) is 6.07 Å². The highest BCUT2D eigenvalue weighted by molar-refractivity contribution is 8.16. The standard InChI is InChI=1S/C14H17NO2S2/c1-10-5-3-4-6-12(10)18-9-13-15-11(8-19-13)7-14(16)17-2/h3-6,11H,7-9H2,1-2H3. The number of methoxy groups -OCH3 is 1. The van der Waals surface area contributed by atoms with Crippen molar-refractivity contribution in [2.45, 2.75) is 24.3 Å². The summed E-state index contributed by atoms with van der Waals surface area (Å²) >= 11 is 3.55. The molecular formula is C14H17NO2S2. The van der Waals surface area contributed by atoms with Crippen LogP contribution in [0.4, 0.5) is 0 Å². The molecule has 1 aromatic rings. The Morgan fingerprint density at radius 2 is 2.32 bits per heavy atom. The van der Waals surface area contributed by atoms with Gasteiger partial charge in [0.2, 0.25) is 0 Å². The van der Waals surface area contributed by atoms with Crippen molar-refractivity contribution < 1.29 is 9.53 Å². The third kappa shape index (κ3) is 4.28. The lowest BCUT2D eigenvalue weighted by molar-refractivity contribution is -0.140. The largest absolute Gasteiger partial charge is 0.469 e. The lowest BCUT2D eigenvalue weighted by Crippen LogP contribution is -2.12. The molecule has 0 spiro atoms. The second kappa shape index (κ2) is 7.01. The number of rotatable bonds is 5. The number of aryl methyl sites for hydroxylation is 1. The van der Waals surface area contributed by atoms with E-state index in [9.17, 15) is 4.79 Å². The van der Waals surface area contributed by atoms with Crippen molar-refractivity contribution in [2.75, 3.05) is 18.6 Å². The summed E-state index contributed by atoms with van der Waals surface area (Å²) in [7, 11) is 1.42. The van der Waals surface area contributed by atoms with Gasteiger partial charge in [0.25, 0.3) is 0 Å². The number of benzene rings is 1. The average Bonchev–Trinajstić information content (AvgIpc) is 2.85. The van der Waals surface area contributed by atoms with E-state index in [2.05, 4.69) is 34.9 Å². The molecule has 0 saturated heterocycles. The first-order valence-electron chi connectivity index (χ1n) is 6.13. The summed E-state index contributed by atoms with van der Waals surface area (Å²) in [5.74, 6) is 1.59. The highest BCUT2D eigenvalue weighted by atomic mass is 32.2. The first-order chi connectivity index (χ1) is 9.19. The minimum absolute atomic E-state index is 0.0879. The molecule has 0 amide bonds. The smallest absolute Gasteiger partial charge is 0.307 e. The van der Waals surface area contributed by atoms with Gasteiger partial charge < -0.3 is 4.74 Å². The van der Waals surface area contributed by atoms with Gasteiger partial charge in [-0.05, 0) is 18.6 Å². The summed E-state index contributed by atoms with van der Waals surface area (Å²) in [6, 6.07) is 8.44. The zero-order chi connectivity index (χ0) is 13.7. The second-order valence-electron chi connectivity index (χ2n) is 4.32. The number of aliphatic imine (C=N–C) groups is 1. The normalized spacial score (nSPS) is 18.2. The summed E-state index contributed by atoms with van der Waals surface area (Å²) in [6.07, 6.45) is 0.391. The van der Waals surface area contributed by atoms with E-state index in [1.165, 1.54) is 17.6 Å². The van der Waals surface area contributed by atoms with E-state index < -0.39 is 0 Å². The number of carbonyl (C=O) groups is 1. The van der Waals surface area contributed by atoms with Gasteiger partial charge in [-0.3, -0.25) is 9.79 Å². The molecule has 0 fully saturated rings. The Morgan fingerprint density at radius 1 is 1.53 bits per heavy atom. The monoisotopic (exact) mass is 295 g/mol. The van der Waals surface area contributed by atoms with Crippen LogP contribution in [0.25, 0.3) is 0 Å². The molecule has 1 aromatic carbocycles. The maximum Gasteiger partial charge on any atom is 0.307 e. The van der Waals surface area contributed by atoms with Crippen molar-refractivity contribution in [3.63, 3.8) is 0 Å². The highest BCUT2D eigenvalue weighted by Gasteiger charge is 2.21. The zero-order valence-electron chi connectivity index (χ0n) is 11.1. The van der Waals surface area contributed by atoms with E-state index in [0.29, 0.717) is 6.42 Å². The van der Waals surface area contributed by atoms with Crippen molar-refractivity contribution in [2.24, 2.45) is 4.99 Å². The predicted molar refractivity (Wildman–Crippen MR) is 82.2 cm³/mol. The quantitative estimate of drug-likeness (QED) is 0.618. The van der Waals surface area contributed by atoms with Crippen molar-refractivity contribution in [3.8, 4) is 0 Å². The average molecular weight is 295 g/mol. The van der Waals surface area contributed by atoms with Crippen LogP contribution in [0, 0.1) is 6.92 Å². The first-order valence-corrected chi connectivity index (χ1v) is 8.11. The molecule has 0 bridgehead atoms. The Kier molecular flexibility index (Phi) is 5.34. The number of hydrogen-bond donors (Lipinski definition) is 0. The Balaban J connectivity index is 1.86. The molecule has 0 saturated carbocycles. The Morgan fingerprint density at radius 3 is 3.05 bits per heavy atom. The molecule has 102 valence electrons. The van der Waals surface area contributed by atoms with Gasteiger partial charge in [0.1, 0.15) is 0 Å². The van der Waals surface area contributed by atoms with E-state index in [4.69, 9.17) is 0 Å². The molecule has 2 rings (SSSR count). The summed E-state index contributed by atoms with van der Waals surface area (Å²) in [6.45, 7) is 2.12. The number of esters is 1. The number of ether oxygens (including phenoxy) is 1. The fourth-order valence-electron chi connectivity index (χ4n) is 1.79. The van der Waals surface area contributed by atoms with Crippen LogP contribution < -0.4 is 0 Å². The SMILES string of the molecule is COC(=O)CC1CSC(CSc2ccccc2C)=N1. The van der Waals surface area contributed by atoms with Crippen LogP contribution >= 0.6 is 23.5 Å². The highest BCUT2D eigenvalue weighted by Crippen LogP contribution is 2.28. The Hall–Kier alpha value is -0.940. The van der Waals surface area contributed by atoms with Crippen LogP contribution in [0.1, 0.15) is 12.0 Å². The van der Waals surface area contributed by atoms with Crippen LogP contribution in [0.3, 0.4) is 0 Å². The molecule has 0 N–H and O–H groups in total. The molecule has 1 aliphatic rings. The van der Waals surface area contributed by atoms with Crippen molar-refractivity contribution >= 4 is 34.5 Å². The zero-order valence-corrected chi connectivity index (χ0v) is 12.7. The van der Waals surface area contributed by atoms with Gasteiger partial charge in [-0.15, -0.1) is 23.5 Å². The minimum Gasteiger partial charge on any atom is -0.469 e. The van der Waals surface area contributed by atoms with Gasteiger partial charge in [-0.25, -0.2) is 0 Å². The summed E-state index contributed by atoms with van der Waals surface area (Å²) < 4.78 is 4.67. The van der Waals surface area contributed by atoms with Crippen LogP contribution in [-0.2, 0) is 9.53 Å². The van der Waals surface area contributed by atoms with Gasteiger partial charge in [-0.1, -0.05) is 18.2 Å². The summed E-state index contributed by atoms with van der Waals surface area (Å²) in [4.78, 5) is 17.1. The van der Waals surface area contributed by atoms with E-state index in [-0.39, 0.29) is 12.0 Å². The fraction of sp³-hybridized carbons (Fsp3) is 0.429. The van der Waals surface area contributed by atoms with Gasteiger partial charge in [-0.2, -0.15) is 0 Å². The second-order valence-corrected chi connectivity index (χ2v) is 6.43. The number of carbonyl (C=O) groups excluding carboxylic acids is 1. The first kappa shape index (κ1) is 14.5. The van der Waals surface area contributed by atoms with Crippen molar-refractivity contribution in [3.05, 3.63) is 29.8 Å². The molecule has 1 aliphatic heterocycles. The minimum atomic E-state index is -0.179. The molecule has 0 radical (unpaired) electrons. The van der Waals surface area contributed by atoms with Crippen LogP contribution in [0.15, 0.2) is 34.2 Å². The van der Waals surface area contributed by atoms with Crippen LogP contribution in [-0.4, -0.2) is 35.7 Å². The van der Waals surface area contributed by atoms with Crippen LogP contribution in [0.5, 0.6) is 0 Å². The van der Waals surface area contributed by atoms with Gasteiger partial charge in [0.15, 0.2) is 0 Å². The molecule has 19 heavy (non-hydrogen) atoms. The predicted octanol–water partition coefficient (Wildman–Crippen LogP) is 3.16. The third-order valence-electron chi connectivity index (χ3n) is 2.84. The van der Waals surface area contributed by atoms with Crippen molar-refractivity contribution in [1.82, 2.24) is 0 Å². The van der Waals surface area contributed by atoms with Gasteiger partial charge >= 0.3 is 5.97 Å². The molecule has 1 atom stereocenters. The van der Waals surface area contributed by atoms with E-state index in [1.54, 1.807) is 23.5 Å². The number of hydrogen-bond acceptors (Lipinski definition) is 5. The number of nitrogens with zero attached hydrogens (tertiary/aromatic N) is 1. The van der Waals surface area contributed by atoms with E-state index in [0.717, 1.165) is 16.5 Å².